The van der Waals surface area contributed by atoms with Crippen molar-refractivity contribution >= 4 is 17.9 Å². The number of nitrogens with two attached hydrogens (primary N) is 2. The molecule has 8 heteroatoms. The Morgan fingerprint density at radius 1 is 1.27 bits per heavy atom. The number of carbonyl (C=O) groups excluding carboxylic acids is 2. The fourth-order valence-electron chi connectivity index (χ4n) is 3.82. The number of likely N-dealkylation sites (N-methyl/N-ethyl adjacent to an activating group) is 1. The number of nitrogens with one attached hydrogen (secondary N) is 1. The van der Waals surface area contributed by atoms with E-state index in [1.165, 1.54) is 5.01 Å². The van der Waals surface area contributed by atoms with E-state index in [-0.39, 0.29) is 11.9 Å². The molecule has 0 radical (unpaired) electrons. The first-order valence-corrected chi connectivity index (χ1v) is 10.9. The molecule has 0 saturated heterocycles. The first kappa shape index (κ1) is 23.9. The molecule has 2 aromatic rings. The molecule has 1 atom stereocenters. The van der Waals surface area contributed by atoms with Gasteiger partial charge in [-0.15, -0.1) is 0 Å². The van der Waals surface area contributed by atoms with Crippen LogP contribution in [0.25, 0.3) is 0 Å². The van der Waals surface area contributed by atoms with Gasteiger partial charge >= 0.3 is 0 Å². The third-order valence-electron chi connectivity index (χ3n) is 5.62. The summed E-state index contributed by atoms with van der Waals surface area (Å²) in [6.45, 7) is 4.75. The molecule has 8 nitrogen and oxygen atoms in total. The number of benzene rings is 2. The zero-order chi connectivity index (χ0) is 23.8. The fraction of sp³-hybridized carbons (Fsp3) is 0.280. The van der Waals surface area contributed by atoms with Gasteiger partial charge in [-0.25, -0.2) is 5.84 Å². The monoisotopic (exact) mass is 449 g/mol. The van der Waals surface area contributed by atoms with E-state index in [9.17, 15) is 9.59 Å². The Morgan fingerprint density at radius 2 is 2.03 bits per heavy atom. The second-order valence-electron chi connectivity index (χ2n) is 7.80. The normalized spacial score (nSPS) is 13.9. The van der Waals surface area contributed by atoms with Crippen molar-refractivity contribution in [2.45, 2.75) is 31.8 Å². The van der Waals surface area contributed by atoms with Crippen molar-refractivity contribution in [3.63, 3.8) is 0 Å². The molecular formula is C25H31N5O3. The SMILES string of the molecule is C=C(NC)C(CCC=O)N1Cc2c(OCC/C(N)=C/N(N)c3ccccc3)cccc2C1=O. The first-order valence-electron chi connectivity index (χ1n) is 10.9. The van der Waals surface area contributed by atoms with Gasteiger partial charge in [0.25, 0.3) is 5.91 Å². The van der Waals surface area contributed by atoms with Gasteiger partial charge < -0.3 is 25.5 Å². The van der Waals surface area contributed by atoms with Crippen molar-refractivity contribution in [1.29, 1.82) is 0 Å². The smallest absolute Gasteiger partial charge is 0.255 e. The van der Waals surface area contributed by atoms with Crippen molar-refractivity contribution in [2.24, 2.45) is 11.6 Å². The maximum atomic E-state index is 13.1. The van der Waals surface area contributed by atoms with E-state index in [1.807, 2.05) is 36.4 Å². The summed E-state index contributed by atoms with van der Waals surface area (Å²) in [5.74, 6) is 6.59. The van der Waals surface area contributed by atoms with E-state index in [2.05, 4.69) is 11.9 Å². The predicted octanol–water partition coefficient (Wildman–Crippen LogP) is 2.67. The third-order valence-corrected chi connectivity index (χ3v) is 5.62. The van der Waals surface area contributed by atoms with Gasteiger partial charge in [0.15, 0.2) is 0 Å². The lowest BCUT2D eigenvalue weighted by Crippen LogP contribution is -2.39. The van der Waals surface area contributed by atoms with E-state index in [0.29, 0.717) is 55.1 Å². The van der Waals surface area contributed by atoms with E-state index < -0.39 is 0 Å². The molecule has 0 fully saturated rings. The molecule has 0 spiro atoms. The number of rotatable bonds is 12. The summed E-state index contributed by atoms with van der Waals surface area (Å²) in [6, 6.07) is 14.7. The third kappa shape index (κ3) is 5.72. The minimum Gasteiger partial charge on any atom is -0.493 e. The van der Waals surface area contributed by atoms with Gasteiger partial charge in [0.2, 0.25) is 0 Å². The average Bonchev–Trinajstić information content (AvgIpc) is 3.16. The van der Waals surface area contributed by atoms with Crippen LogP contribution in [-0.2, 0) is 11.3 Å². The molecule has 0 aliphatic carbocycles. The lowest BCUT2D eigenvalue weighted by Gasteiger charge is -2.29. The quantitative estimate of drug-likeness (QED) is 0.259. The van der Waals surface area contributed by atoms with Crippen molar-refractivity contribution in [1.82, 2.24) is 10.2 Å². The zero-order valence-electron chi connectivity index (χ0n) is 18.9. The summed E-state index contributed by atoms with van der Waals surface area (Å²) in [7, 11) is 1.76. The van der Waals surface area contributed by atoms with Crippen LogP contribution in [0.2, 0.25) is 0 Å². The number of amides is 1. The highest BCUT2D eigenvalue weighted by molar-refractivity contribution is 5.99. The number of aldehydes is 1. The second kappa shape index (κ2) is 11.2. The van der Waals surface area contributed by atoms with Crippen molar-refractivity contribution < 1.29 is 14.3 Å². The molecule has 2 aromatic carbocycles. The minimum absolute atomic E-state index is 0.0937. The van der Waals surface area contributed by atoms with Crippen molar-refractivity contribution in [3.8, 4) is 5.75 Å². The van der Waals surface area contributed by atoms with Gasteiger partial charge in [-0.2, -0.15) is 0 Å². The van der Waals surface area contributed by atoms with Crippen LogP contribution in [0.5, 0.6) is 5.75 Å². The van der Waals surface area contributed by atoms with Gasteiger partial charge in [0.05, 0.1) is 24.9 Å². The Bertz CT molecular complexity index is 1020. The van der Waals surface area contributed by atoms with Gasteiger partial charge in [-0.1, -0.05) is 30.8 Å². The molecule has 0 aromatic heterocycles. The Labute approximate surface area is 194 Å². The highest BCUT2D eigenvalue weighted by atomic mass is 16.5. The maximum absolute atomic E-state index is 13.1. The van der Waals surface area contributed by atoms with Crippen LogP contribution in [0, 0.1) is 0 Å². The van der Waals surface area contributed by atoms with E-state index >= 15 is 0 Å². The molecular weight excluding hydrogens is 418 g/mol. The van der Waals surface area contributed by atoms with E-state index in [0.717, 1.165) is 17.5 Å². The summed E-state index contributed by atoms with van der Waals surface area (Å²) in [4.78, 5) is 25.7. The van der Waals surface area contributed by atoms with Crippen LogP contribution in [0.15, 0.2) is 72.7 Å². The average molecular weight is 450 g/mol. The fourth-order valence-corrected chi connectivity index (χ4v) is 3.82. The Morgan fingerprint density at radius 3 is 2.73 bits per heavy atom. The standard InChI is InChI=1S/C25H31N5O3/c1-18(28-2)23(11-7-14-31)29-17-22-21(25(29)32)10-6-12-24(22)33-15-13-19(26)16-30(27)20-8-4-3-5-9-20/h3-6,8-10,12,14,16,23,28H,1,7,11,13,15,17,26-27H2,2H3/b19-16-. The summed E-state index contributed by atoms with van der Waals surface area (Å²) in [5, 5.41) is 4.49. The lowest BCUT2D eigenvalue weighted by molar-refractivity contribution is -0.108. The molecule has 1 aliphatic rings. The largest absolute Gasteiger partial charge is 0.493 e. The molecule has 33 heavy (non-hydrogen) atoms. The zero-order valence-corrected chi connectivity index (χ0v) is 18.9. The molecule has 1 unspecified atom stereocenters. The molecule has 1 aliphatic heterocycles. The number of nitrogens with zero attached hydrogens (tertiary/aromatic N) is 2. The Hall–Kier alpha value is -3.78. The predicted molar refractivity (Wildman–Crippen MR) is 129 cm³/mol. The first-order chi connectivity index (χ1) is 16.0. The summed E-state index contributed by atoms with van der Waals surface area (Å²) >= 11 is 0. The van der Waals surface area contributed by atoms with Crippen LogP contribution in [-0.4, -0.2) is 36.8 Å². The second-order valence-corrected chi connectivity index (χ2v) is 7.80. The van der Waals surface area contributed by atoms with E-state index in [1.54, 1.807) is 30.3 Å². The summed E-state index contributed by atoms with van der Waals surface area (Å²) in [5.41, 5.74) is 9.65. The van der Waals surface area contributed by atoms with Crippen LogP contribution in [0.1, 0.15) is 35.2 Å². The number of carbonyl (C=O) groups is 2. The topological polar surface area (TPSA) is 114 Å². The summed E-state index contributed by atoms with van der Waals surface area (Å²) in [6.07, 6.45) is 3.86. The molecule has 0 bridgehead atoms. The summed E-state index contributed by atoms with van der Waals surface area (Å²) < 4.78 is 6.00. The Balaban J connectivity index is 1.66. The molecule has 0 saturated carbocycles. The molecule has 174 valence electrons. The van der Waals surface area contributed by atoms with Crippen LogP contribution >= 0.6 is 0 Å². The van der Waals surface area contributed by atoms with Gasteiger partial charge in [0, 0.05) is 48.6 Å². The van der Waals surface area contributed by atoms with Crippen LogP contribution < -0.4 is 26.6 Å². The Kier molecular flexibility index (Phi) is 8.10. The van der Waals surface area contributed by atoms with E-state index in [4.69, 9.17) is 16.3 Å². The number of anilines is 1. The molecule has 1 heterocycles. The highest BCUT2D eigenvalue weighted by Crippen LogP contribution is 2.34. The van der Waals surface area contributed by atoms with Crippen molar-refractivity contribution in [3.05, 3.63) is 83.8 Å². The lowest BCUT2D eigenvalue weighted by atomic mass is 10.1. The van der Waals surface area contributed by atoms with Gasteiger partial charge in [-0.3, -0.25) is 9.80 Å². The number of para-hydroxylation sites is 1. The number of ether oxygens (including phenoxy) is 1. The number of fused-ring (bicyclic) bond motifs is 1. The minimum atomic E-state index is -0.278. The van der Waals surface area contributed by atoms with Crippen molar-refractivity contribution in [2.75, 3.05) is 18.7 Å². The molecule has 1 amide bonds. The van der Waals surface area contributed by atoms with Crippen LogP contribution in [0.3, 0.4) is 0 Å². The molecule has 3 rings (SSSR count). The number of hydrogen-bond acceptors (Lipinski definition) is 7. The molecule has 5 N–H and O–H groups in total. The number of hydrazine groups is 1. The van der Waals surface area contributed by atoms with Gasteiger partial charge in [-0.05, 0) is 30.7 Å². The van der Waals surface area contributed by atoms with Crippen LogP contribution in [0.4, 0.5) is 5.69 Å². The number of hydrogen-bond donors (Lipinski definition) is 3. The maximum Gasteiger partial charge on any atom is 0.255 e. The highest BCUT2D eigenvalue weighted by Gasteiger charge is 2.35. The van der Waals surface area contributed by atoms with Gasteiger partial charge in [0.1, 0.15) is 12.0 Å².